The summed E-state index contributed by atoms with van der Waals surface area (Å²) in [6.07, 6.45) is 30.2. The van der Waals surface area contributed by atoms with Gasteiger partial charge in [-0.2, -0.15) is 0 Å². The van der Waals surface area contributed by atoms with Crippen LogP contribution in [0.25, 0.3) is 0 Å². The number of nitrogen functional groups attached to an aromatic ring is 2. The second-order valence-corrected chi connectivity index (χ2v) is 16.8. The Morgan fingerprint density at radius 3 is 1.02 bits per heavy atom. The third-order valence-corrected chi connectivity index (χ3v) is 12.2. The van der Waals surface area contributed by atoms with E-state index in [1.54, 1.807) is 0 Å². The van der Waals surface area contributed by atoms with Crippen molar-refractivity contribution in [3.63, 3.8) is 0 Å². The summed E-state index contributed by atoms with van der Waals surface area (Å²) in [7, 11) is 0. The van der Waals surface area contributed by atoms with E-state index in [0.29, 0.717) is 17.8 Å². The monoisotopic (exact) mass is 743 g/mol. The second kappa shape index (κ2) is 26.4. The summed E-state index contributed by atoms with van der Waals surface area (Å²) in [6.45, 7) is 6.91. The van der Waals surface area contributed by atoms with Crippen LogP contribution in [0.4, 0.5) is 11.4 Å². The van der Waals surface area contributed by atoms with Gasteiger partial charge in [0.05, 0.1) is 0 Å². The molecule has 0 amide bonds. The van der Waals surface area contributed by atoms with E-state index in [-0.39, 0.29) is 0 Å². The first-order valence-electron chi connectivity index (χ1n) is 22.9. The van der Waals surface area contributed by atoms with Crippen LogP contribution in [0.1, 0.15) is 213 Å². The first-order valence-corrected chi connectivity index (χ1v) is 22.9. The minimum Gasteiger partial charge on any atom is -0.399 e. The summed E-state index contributed by atoms with van der Waals surface area (Å²) in [5.41, 5.74) is 22.5. The number of hydrogen-bond donors (Lipinski definition) is 2. The Kier molecular flexibility index (Phi) is 21.2. The molecule has 300 valence electrons. The standard InChI is InChI=1S/C53H78N2/c1-4-7-10-12-14-16-18-21-24-52(47-34-38-50(54)39-35-47)45-28-26-43(27-29-45)42-49(23-20-9-6-3)44-30-32-46(33-31-44)53(48-36-40-51(55)41-37-48)25-22-19-17-15-13-11-8-5-2/h26-41,49,52-53H,4-25,42,54-55H2,1-3H3. The van der Waals surface area contributed by atoms with Gasteiger partial charge < -0.3 is 11.5 Å². The van der Waals surface area contributed by atoms with Crippen LogP contribution in [0.3, 0.4) is 0 Å². The highest BCUT2D eigenvalue weighted by Gasteiger charge is 2.19. The molecule has 4 aromatic rings. The van der Waals surface area contributed by atoms with Crippen LogP contribution in [-0.2, 0) is 6.42 Å². The van der Waals surface area contributed by atoms with E-state index in [1.807, 2.05) is 0 Å². The summed E-state index contributed by atoms with van der Waals surface area (Å²) < 4.78 is 0. The third-order valence-electron chi connectivity index (χ3n) is 12.2. The molecule has 0 radical (unpaired) electrons. The SMILES string of the molecule is CCCCCCCCCCC(c1ccc(N)cc1)c1ccc(CC(CCCCC)c2ccc(C(CCCCCCCCCC)c3ccc(N)cc3)cc2)cc1. The zero-order valence-corrected chi connectivity index (χ0v) is 35.4. The number of hydrogen-bond acceptors (Lipinski definition) is 2. The number of benzene rings is 4. The summed E-state index contributed by atoms with van der Waals surface area (Å²) in [5.74, 6) is 1.36. The Balaban J connectivity index is 1.44. The lowest BCUT2D eigenvalue weighted by molar-refractivity contribution is 0.550. The van der Waals surface area contributed by atoms with Gasteiger partial charge in [0, 0.05) is 23.2 Å². The molecule has 0 saturated carbocycles. The van der Waals surface area contributed by atoms with E-state index in [0.717, 1.165) is 17.8 Å². The van der Waals surface area contributed by atoms with Crippen molar-refractivity contribution in [1.82, 2.24) is 0 Å². The molecule has 4 rings (SSSR count). The molecule has 55 heavy (non-hydrogen) atoms. The molecule has 4 N–H and O–H groups in total. The minimum absolute atomic E-state index is 0.417. The largest absolute Gasteiger partial charge is 0.399 e. The first-order chi connectivity index (χ1) is 27.0. The van der Waals surface area contributed by atoms with E-state index in [9.17, 15) is 0 Å². The molecular formula is C53H78N2. The highest BCUT2D eigenvalue weighted by Crippen LogP contribution is 2.35. The van der Waals surface area contributed by atoms with E-state index < -0.39 is 0 Å². The average Bonchev–Trinajstić information content (AvgIpc) is 3.21. The molecule has 0 saturated heterocycles. The van der Waals surface area contributed by atoms with E-state index >= 15 is 0 Å². The number of nitrogens with two attached hydrogens (primary N) is 2. The van der Waals surface area contributed by atoms with Gasteiger partial charge in [-0.3, -0.25) is 0 Å². The third kappa shape index (κ3) is 16.2. The van der Waals surface area contributed by atoms with Crippen molar-refractivity contribution in [3.8, 4) is 0 Å². The lowest BCUT2D eigenvalue weighted by atomic mass is 9.83. The highest BCUT2D eigenvalue weighted by molar-refractivity contribution is 5.44. The molecule has 4 aromatic carbocycles. The number of anilines is 2. The van der Waals surface area contributed by atoms with Gasteiger partial charge in [-0.1, -0.05) is 216 Å². The van der Waals surface area contributed by atoms with Crippen LogP contribution in [0.5, 0.6) is 0 Å². The molecule has 2 heteroatoms. The van der Waals surface area contributed by atoms with Gasteiger partial charge >= 0.3 is 0 Å². The fourth-order valence-electron chi connectivity index (χ4n) is 8.67. The van der Waals surface area contributed by atoms with Crippen LogP contribution in [0.2, 0.25) is 0 Å². The van der Waals surface area contributed by atoms with Crippen molar-refractivity contribution in [2.75, 3.05) is 11.5 Å². The molecule has 0 aliphatic rings. The van der Waals surface area contributed by atoms with Crippen LogP contribution >= 0.6 is 0 Å². The molecule has 0 aliphatic carbocycles. The van der Waals surface area contributed by atoms with Gasteiger partial charge in [-0.05, 0) is 89.2 Å². The number of unbranched alkanes of at least 4 members (excludes halogenated alkanes) is 16. The van der Waals surface area contributed by atoms with E-state index in [1.165, 1.54) is 175 Å². The fourth-order valence-corrected chi connectivity index (χ4v) is 8.67. The second-order valence-electron chi connectivity index (χ2n) is 16.8. The Morgan fingerprint density at radius 2 is 0.618 bits per heavy atom. The minimum atomic E-state index is 0.417. The predicted octanol–water partition coefficient (Wildman–Crippen LogP) is 16.1. The van der Waals surface area contributed by atoms with Crippen LogP contribution < -0.4 is 11.5 Å². The Hall–Kier alpha value is -3.52. The fraction of sp³-hybridized carbons (Fsp3) is 0.547. The molecule has 0 heterocycles. The van der Waals surface area contributed by atoms with Gasteiger partial charge in [0.25, 0.3) is 0 Å². The summed E-state index contributed by atoms with van der Waals surface area (Å²) >= 11 is 0. The van der Waals surface area contributed by atoms with E-state index in [4.69, 9.17) is 11.5 Å². The van der Waals surface area contributed by atoms with Crippen molar-refractivity contribution in [3.05, 3.63) is 130 Å². The maximum absolute atomic E-state index is 6.12. The van der Waals surface area contributed by atoms with Crippen LogP contribution in [0, 0.1) is 0 Å². The molecule has 0 fully saturated rings. The van der Waals surface area contributed by atoms with Gasteiger partial charge in [0.2, 0.25) is 0 Å². The lowest BCUT2D eigenvalue weighted by Gasteiger charge is -2.22. The highest BCUT2D eigenvalue weighted by atomic mass is 14.5. The molecule has 0 spiro atoms. The molecule has 3 atom stereocenters. The van der Waals surface area contributed by atoms with Crippen molar-refractivity contribution in [1.29, 1.82) is 0 Å². The van der Waals surface area contributed by atoms with Crippen molar-refractivity contribution in [2.45, 2.75) is 186 Å². The molecule has 2 nitrogen and oxygen atoms in total. The first kappa shape index (κ1) is 44.2. The summed E-state index contributed by atoms with van der Waals surface area (Å²) in [5, 5.41) is 0. The topological polar surface area (TPSA) is 52.0 Å². The zero-order valence-electron chi connectivity index (χ0n) is 35.4. The van der Waals surface area contributed by atoms with Gasteiger partial charge in [-0.15, -0.1) is 0 Å². The van der Waals surface area contributed by atoms with E-state index in [2.05, 4.69) is 118 Å². The average molecular weight is 743 g/mol. The van der Waals surface area contributed by atoms with Crippen LogP contribution in [0.15, 0.2) is 97.1 Å². The lowest BCUT2D eigenvalue weighted by Crippen LogP contribution is -2.06. The predicted molar refractivity (Wildman–Crippen MR) is 243 cm³/mol. The van der Waals surface area contributed by atoms with Gasteiger partial charge in [0.15, 0.2) is 0 Å². The zero-order chi connectivity index (χ0) is 38.9. The number of rotatable bonds is 29. The van der Waals surface area contributed by atoms with Crippen molar-refractivity contribution in [2.24, 2.45) is 0 Å². The molecular weight excluding hydrogens is 665 g/mol. The van der Waals surface area contributed by atoms with Crippen LogP contribution in [-0.4, -0.2) is 0 Å². The molecule has 0 aliphatic heterocycles. The van der Waals surface area contributed by atoms with Gasteiger partial charge in [-0.25, -0.2) is 0 Å². The Bertz CT molecular complexity index is 1520. The summed E-state index contributed by atoms with van der Waals surface area (Å²) in [6, 6.07) is 36.8. The quantitative estimate of drug-likeness (QED) is 0.0430. The van der Waals surface area contributed by atoms with Crippen molar-refractivity contribution < 1.29 is 0 Å². The van der Waals surface area contributed by atoms with Crippen molar-refractivity contribution >= 4 is 11.4 Å². The smallest absolute Gasteiger partial charge is 0.0314 e. The normalized spacial score (nSPS) is 13.1. The maximum Gasteiger partial charge on any atom is 0.0314 e. The Morgan fingerprint density at radius 1 is 0.327 bits per heavy atom. The summed E-state index contributed by atoms with van der Waals surface area (Å²) in [4.78, 5) is 0. The molecule has 0 bridgehead atoms. The molecule has 3 unspecified atom stereocenters. The van der Waals surface area contributed by atoms with Gasteiger partial charge in [0.1, 0.15) is 0 Å². The Labute approximate surface area is 338 Å². The molecule has 0 aromatic heterocycles. The maximum atomic E-state index is 6.12.